The van der Waals surface area contributed by atoms with Crippen molar-refractivity contribution >= 4 is 11.8 Å². The summed E-state index contributed by atoms with van der Waals surface area (Å²) in [6.45, 7) is 3.43. The van der Waals surface area contributed by atoms with Crippen molar-refractivity contribution in [3.8, 4) is 0 Å². The first-order valence-electron chi connectivity index (χ1n) is 7.55. The molecule has 0 aromatic carbocycles. The van der Waals surface area contributed by atoms with Gasteiger partial charge in [-0.05, 0) is 50.0 Å². The van der Waals surface area contributed by atoms with Crippen molar-refractivity contribution in [3.05, 3.63) is 18.6 Å². The Morgan fingerprint density at radius 3 is 3.15 bits per heavy atom. The molecule has 0 spiro atoms. The number of aliphatic hydroxyl groups is 1. The number of hydrogen-bond donors (Lipinski definition) is 2. The Morgan fingerprint density at radius 2 is 2.45 bits per heavy atom. The maximum atomic E-state index is 9.84. The highest BCUT2D eigenvalue weighted by molar-refractivity contribution is 7.99. The lowest BCUT2D eigenvalue weighted by molar-refractivity contribution is 0.122. The number of thioether (sulfide) groups is 1. The quantitative estimate of drug-likeness (QED) is 0.570. The summed E-state index contributed by atoms with van der Waals surface area (Å²) in [6.07, 6.45) is 9.18. The highest BCUT2D eigenvalue weighted by atomic mass is 32.2. The van der Waals surface area contributed by atoms with Crippen LogP contribution in [0.2, 0.25) is 0 Å². The van der Waals surface area contributed by atoms with E-state index < -0.39 is 0 Å². The summed E-state index contributed by atoms with van der Waals surface area (Å²) >= 11 is 1.78. The van der Waals surface area contributed by atoms with Gasteiger partial charge in [-0.2, -0.15) is 0 Å². The molecule has 1 aromatic rings. The van der Waals surface area contributed by atoms with Crippen molar-refractivity contribution in [1.29, 1.82) is 0 Å². The van der Waals surface area contributed by atoms with Crippen molar-refractivity contribution in [2.24, 2.45) is 5.92 Å². The Kier molecular flexibility index (Phi) is 6.26. The van der Waals surface area contributed by atoms with Gasteiger partial charge in [0.25, 0.3) is 0 Å². The van der Waals surface area contributed by atoms with Crippen LogP contribution in [0.3, 0.4) is 0 Å². The summed E-state index contributed by atoms with van der Waals surface area (Å²) in [5.41, 5.74) is -0.0394. The Labute approximate surface area is 125 Å². The van der Waals surface area contributed by atoms with E-state index in [1.807, 2.05) is 6.07 Å². The molecule has 0 saturated heterocycles. The average Bonchev–Trinajstić information content (AvgIpc) is 2.90. The van der Waals surface area contributed by atoms with Crippen LogP contribution in [0, 0.1) is 5.92 Å². The van der Waals surface area contributed by atoms with Crippen molar-refractivity contribution in [3.63, 3.8) is 0 Å². The van der Waals surface area contributed by atoms with Crippen LogP contribution in [-0.4, -0.2) is 39.5 Å². The van der Waals surface area contributed by atoms with E-state index in [1.165, 1.54) is 12.8 Å². The van der Waals surface area contributed by atoms with Gasteiger partial charge in [-0.15, -0.1) is 11.8 Å². The van der Waals surface area contributed by atoms with Gasteiger partial charge in [-0.1, -0.05) is 13.3 Å². The molecule has 4 nitrogen and oxygen atoms in total. The third-order valence-electron chi connectivity index (χ3n) is 4.24. The fourth-order valence-electron chi connectivity index (χ4n) is 3.11. The third-order valence-corrected chi connectivity index (χ3v) is 5.21. The second-order valence-corrected chi connectivity index (χ2v) is 6.63. The predicted octanol–water partition coefficient (Wildman–Crippen LogP) is 2.49. The molecule has 1 fully saturated rings. The minimum atomic E-state index is -0.0394. The molecule has 20 heavy (non-hydrogen) atoms. The maximum absolute atomic E-state index is 9.84. The SMILES string of the molecule is CCCNC1(CO)CCCC1CCSc1ccncn1. The highest BCUT2D eigenvalue weighted by Gasteiger charge is 2.41. The Bertz CT molecular complexity index is 390. The number of nitrogens with zero attached hydrogens (tertiary/aromatic N) is 2. The van der Waals surface area contributed by atoms with Crippen LogP contribution >= 0.6 is 11.8 Å². The third kappa shape index (κ3) is 3.93. The molecule has 0 radical (unpaired) electrons. The molecule has 1 saturated carbocycles. The van der Waals surface area contributed by atoms with Crippen LogP contribution in [0.25, 0.3) is 0 Å². The van der Waals surface area contributed by atoms with E-state index in [4.69, 9.17) is 0 Å². The molecule has 1 aliphatic carbocycles. The Balaban J connectivity index is 1.84. The Hall–Kier alpha value is -0.650. The number of aliphatic hydroxyl groups excluding tert-OH is 1. The van der Waals surface area contributed by atoms with E-state index >= 15 is 0 Å². The zero-order valence-corrected chi connectivity index (χ0v) is 13.0. The summed E-state index contributed by atoms with van der Waals surface area (Å²) in [7, 11) is 0. The van der Waals surface area contributed by atoms with Crippen molar-refractivity contribution in [1.82, 2.24) is 15.3 Å². The molecule has 112 valence electrons. The highest BCUT2D eigenvalue weighted by Crippen LogP contribution is 2.38. The zero-order valence-electron chi connectivity index (χ0n) is 12.2. The van der Waals surface area contributed by atoms with Crippen LogP contribution < -0.4 is 5.32 Å². The second kappa shape index (κ2) is 7.96. The lowest BCUT2D eigenvalue weighted by Crippen LogP contribution is -2.51. The molecule has 2 N–H and O–H groups in total. The molecule has 0 aliphatic heterocycles. The van der Waals surface area contributed by atoms with E-state index in [-0.39, 0.29) is 12.1 Å². The zero-order chi connectivity index (χ0) is 14.3. The second-order valence-electron chi connectivity index (χ2n) is 5.51. The minimum Gasteiger partial charge on any atom is -0.394 e. The number of aromatic nitrogens is 2. The van der Waals surface area contributed by atoms with E-state index in [9.17, 15) is 5.11 Å². The molecule has 2 atom stereocenters. The minimum absolute atomic E-state index is 0.0394. The standard InChI is InChI=1S/C15H25N3OS/c1-2-8-18-15(11-19)7-3-4-13(15)6-10-20-14-5-9-16-12-17-14/h5,9,12-13,18-19H,2-4,6-8,10-11H2,1H3. The van der Waals surface area contributed by atoms with Gasteiger partial charge in [0.2, 0.25) is 0 Å². The van der Waals surface area contributed by atoms with Crippen LogP contribution in [0.1, 0.15) is 39.0 Å². The van der Waals surface area contributed by atoms with Crippen molar-refractivity contribution in [2.45, 2.75) is 49.6 Å². The predicted molar refractivity (Wildman–Crippen MR) is 82.8 cm³/mol. The van der Waals surface area contributed by atoms with Crippen molar-refractivity contribution in [2.75, 3.05) is 18.9 Å². The van der Waals surface area contributed by atoms with Crippen LogP contribution in [0.4, 0.5) is 0 Å². The van der Waals surface area contributed by atoms with Crippen molar-refractivity contribution < 1.29 is 5.11 Å². The van der Waals surface area contributed by atoms with Crippen LogP contribution in [-0.2, 0) is 0 Å². The monoisotopic (exact) mass is 295 g/mol. The van der Waals surface area contributed by atoms with Gasteiger partial charge in [-0.3, -0.25) is 0 Å². The van der Waals surface area contributed by atoms with Crippen LogP contribution in [0.5, 0.6) is 0 Å². The smallest absolute Gasteiger partial charge is 0.116 e. The van der Waals surface area contributed by atoms with E-state index in [0.29, 0.717) is 5.92 Å². The molecular formula is C15H25N3OS. The molecule has 2 unspecified atom stereocenters. The van der Waals surface area contributed by atoms with Gasteiger partial charge in [0.05, 0.1) is 11.6 Å². The molecule has 5 heteroatoms. The summed E-state index contributed by atoms with van der Waals surface area (Å²) < 4.78 is 0. The van der Waals surface area contributed by atoms with Gasteiger partial charge >= 0.3 is 0 Å². The fraction of sp³-hybridized carbons (Fsp3) is 0.733. The molecule has 2 rings (SSSR count). The summed E-state index contributed by atoms with van der Waals surface area (Å²) in [6, 6.07) is 1.95. The summed E-state index contributed by atoms with van der Waals surface area (Å²) in [5, 5.41) is 14.5. The largest absolute Gasteiger partial charge is 0.394 e. The lowest BCUT2D eigenvalue weighted by atomic mass is 9.85. The van der Waals surface area contributed by atoms with E-state index in [2.05, 4.69) is 22.2 Å². The summed E-state index contributed by atoms with van der Waals surface area (Å²) in [4.78, 5) is 8.17. The first kappa shape index (κ1) is 15.7. The molecular weight excluding hydrogens is 270 g/mol. The molecule has 1 heterocycles. The number of hydrogen-bond acceptors (Lipinski definition) is 5. The fourth-order valence-corrected chi connectivity index (χ4v) is 4.00. The molecule has 1 aliphatic rings. The Morgan fingerprint density at radius 1 is 1.55 bits per heavy atom. The normalized spacial score (nSPS) is 26.0. The number of rotatable bonds is 8. The topological polar surface area (TPSA) is 58.0 Å². The van der Waals surface area contributed by atoms with E-state index in [1.54, 1.807) is 24.3 Å². The van der Waals surface area contributed by atoms with Gasteiger partial charge in [0.1, 0.15) is 6.33 Å². The molecule has 0 amide bonds. The summed E-state index contributed by atoms with van der Waals surface area (Å²) in [5.74, 6) is 1.63. The molecule has 0 bridgehead atoms. The van der Waals surface area contributed by atoms with Gasteiger partial charge in [-0.25, -0.2) is 9.97 Å². The lowest BCUT2D eigenvalue weighted by Gasteiger charge is -2.35. The molecule has 1 aromatic heterocycles. The van der Waals surface area contributed by atoms with E-state index in [0.717, 1.165) is 36.6 Å². The first-order valence-corrected chi connectivity index (χ1v) is 8.54. The first-order chi connectivity index (χ1) is 9.80. The van der Waals surface area contributed by atoms with Gasteiger partial charge in [0.15, 0.2) is 0 Å². The van der Waals surface area contributed by atoms with Gasteiger partial charge in [0, 0.05) is 11.7 Å². The average molecular weight is 295 g/mol. The maximum Gasteiger partial charge on any atom is 0.116 e. The van der Waals surface area contributed by atoms with Crippen LogP contribution in [0.15, 0.2) is 23.6 Å². The number of nitrogens with one attached hydrogen (secondary N) is 1. The van der Waals surface area contributed by atoms with Gasteiger partial charge < -0.3 is 10.4 Å².